The number of allylic oxidation sites excluding steroid dienone is 1. The van der Waals surface area contributed by atoms with E-state index < -0.39 is 0 Å². The summed E-state index contributed by atoms with van der Waals surface area (Å²) >= 11 is 0. The maximum Gasteiger partial charge on any atom is 0.0357 e. The Morgan fingerprint density at radius 3 is 2.63 bits per heavy atom. The monoisotopic (exact) mass is 257 g/mol. The van der Waals surface area contributed by atoms with Gasteiger partial charge in [0.2, 0.25) is 0 Å². The minimum absolute atomic E-state index is 0.480. The summed E-state index contributed by atoms with van der Waals surface area (Å²) in [5, 5.41) is 3.65. The SMILES string of the molecule is CCNC(CC1=CCCCC1)c1ccc(C)c(C)c1. The highest BCUT2D eigenvalue weighted by atomic mass is 14.9. The van der Waals surface area contributed by atoms with Crippen LogP contribution in [0.15, 0.2) is 29.8 Å². The maximum absolute atomic E-state index is 3.65. The zero-order valence-electron chi connectivity index (χ0n) is 12.6. The Labute approximate surface area is 118 Å². The molecule has 1 nitrogen and oxygen atoms in total. The van der Waals surface area contributed by atoms with Crippen LogP contribution in [0.5, 0.6) is 0 Å². The van der Waals surface area contributed by atoms with Gasteiger partial charge in [-0.05, 0) is 69.2 Å². The van der Waals surface area contributed by atoms with Crippen molar-refractivity contribution in [1.82, 2.24) is 5.32 Å². The summed E-state index contributed by atoms with van der Waals surface area (Å²) in [5.41, 5.74) is 5.88. The second kappa shape index (κ2) is 6.91. The second-order valence-corrected chi connectivity index (χ2v) is 5.77. The van der Waals surface area contributed by atoms with E-state index in [2.05, 4.69) is 50.4 Å². The lowest BCUT2D eigenvalue weighted by atomic mass is 9.90. The molecule has 1 unspecified atom stereocenters. The van der Waals surface area contributed by atoms with Gasteiger partial charge in [0.15, 0.2) is 0 Å². The molecule has 2 rings (SSSR count). The number of nitrogens with one attached hydrogen (secondary N) is 1. The fraction of sp³-hybridized carbons (Fsp3) is 0.556. The van der Waals surface area contributed by atoms with Crippen molar-refractivity contribution in [1.29, 1.82) is 0 Å². The number of hydrogen-bond acceptors (Lipinski definition) is 1. The molecule has 0 heterocycles. The van der Waals surface area contributed by atoms with Crippen molar-refractivity contribution in [3.63, 3.8) is 0 Å². The number of rotatable bonds is 5. The fourth-order valence-electron chi connectivity index (χ4n) is 2.89. The number of benzene rings is 1. The maximum atomic E-state index is 3.65. The summed E-state index contributed by atoms with van der Waals surface area (Å²) in [5.74, 6) is 0. The molecule has 0 fully saturated rings. The quantitative estimate of drug-likeness (QED) is 0.744. The summed E-state index contributed by atoms with van der Waals surface area (Å²) in [6.07, 6.45) is 8.97. The summed E-state index contributed by atoms with van der Waals surface area (Å²) < 4.78 is 0. The molecule has 0 amide bonds. The predicted molar refractivity (Wildman–Crippen MR) is 83.5 cm³/mol. The van der Waals surface area contributed by atoms with Crippen LogP contribution in [0, 0.1) is 13.8 Å². The van der Waals surface area contributed by atoms with Crippen LogP contribution in [0.2, 0.25) is 0 Å². The highest BCUT2D eigenvalue weighted by molar-refractivity contribution is 5.32. The lowest BCUT2D eigenvalue weighted by molar-refractivity contribution is 0.527. The topological polar surface area (TPSA) is 12.0 Å². The first-order valence-corrected chi connectivity index (χ1v) is 7.69. The molecule has 0 saturated carbocycles. The van der Waals surface area contributed by atoms with Gasteiger partial charge >= 0.3 is 0 Å². The lowest BCUT2D eigenvalue weighted by Gasteiger charge is -2.22. The van der Waals surface area contributed by atoms with Crippen LogP contribution < -0.4 is 5.32 Å². The van der Waals surface area contributed by atoms with E-state index in [-0.39, 0.29) is 0 Å². The van der Waals surface area contributed by atoms with Gasteiger partial charge in [-0.3, -0.25) is 0 Å². The zero-order chi connectivity index (χ0) is 13.7. The molecular weight excluding hydrogens is 230 g/mol. The molecule has 0 saturated heterocycles. The van der Waals surface area contributed by atoms with E-state index in [4.69, 9.17) is 0 Å². The molecule has 0 bridgehead atoms. The van der Waals surface area contributed by atoms with Gasteiger partial charge in [-0.2, -0.15) is 0 Å². The minimum atomic E-state index is 0.480. The van der Waals surface area contributed by atoms with Crippen LogP contribution in [-0.4, -0.2) is 6.54 Å². The fourth-order valence-corrected chi connectivity index (χ4v) is 2.89. The van der Waals surface area contributed by atoms with Crippen molar-refractivity contribution < 1.29 is 0 Å². The van der Waals surface area contributed by atoms with Crippen molar-refractivity contribution in [3.05, 3.63) is 46.5 Å². The van der Waals surface area contributed by atoms with Gasteiger partial charge in [0.25, 0.3) is 0 Å². The van der Waals surface area contributed by atoms with E-state index in [0.717, 1.165) is 6.54 Å². The van der Waals surface area contributed by atoms with Crippen LogP contribution in [0.3, 0.4) is 0 Å². The van der Waals surface area contributed by atoms with Gasteiger partial charge < -0.3 is 5.32 Å². The van der Waals surface area contributed by atoms with Crippen molar-refractivity contribution in [2.24, 2.45) is 0 Å². The van der Waals surface area contributed by atoms with Crippen molar-refractivity contribution in [2.75, 3.05) is 6.54 Å². The number of aryl methyl sites for hydroxylation is 2. The Hall–Kier alpha value is -1.08. The zero-order valence-corrected chi connectivity index (χ0v) is 12.6. The molecule has 19 heavy (non-hydrogen) atoms. The summed E-state index contributed by atoms with van der Waals surface area (Å²) in [7, 11) is 0. The first kappa shape index (κ1) is 14.3. The highest BCUT2D eigenvalue weighted by Crippen LogP contribution is 2.28. The molecule has 0 spiro atoms. The Morgan fingerprint density at radius 1 is 1.16 bits per heavy atom. The Balaban J connectivity index is 2.14. The van der Waals surface area contributed by atoms with Crippen LogP contribution >= 0.6 is 0 Å². The van der Waals surface area contributed by atoms with Gasteiger partial charge in [-0.1, -0.05) is 36.8 Å². The summed E-state index contributed by atoms with van der Waals surface area (Å²) in [4.78, 5) is 0. The third kappa shape index (κ3) is 3.94. The standard InChI is InChI=1S/C18H27N/c1-4-19-18(13-16-8-6-5-7-9-16)17-11-10-14(2)15(3)12-17/h8,10-12,18-19H,4-7,9,13H2,1-3H3. The molecular formula is C18H27N. The van der Waals surface area contributed by atoms with Crippen LogP contribution in [0.25, 0.3) is 0 Å². The molecule has 1 N–H and O–H groups in total. The smallest absolute Gasteiger partial charge is 0.0357 e. The van der Waals surface area contributed by atoms with Crippen molar-refractivity contribution >= 4 is 0 Å². The van der Waals surface area contributed by atoms with E-state index in [9.17, 15) is 0 Å². The summed E-state index contributed by atoms with van der Waals surface area (Å²) in [6.45, 7) is 7.63. The Morgan fingerprint density at radius 2 is 2.00 bits per heavy atom. The van der Waals surface area contributed by atoms with E-state index in [0.29, 0.717) is 6.04 Å². The number of hydrogen-bond donors (Lipinski definition) is 1. The third-order valence-electron chi connectivity index (χ3n) is 4.24. The molecule has 1 aromatic rings. The average Bonchev–Trinajstić information content (AvgIpc) is 2.43. The Bertz CT molecular complexity index is 445. The first-order chi connectivity index (χ1) is 9.20. The van der Waals surface area contributed by atoms with Crippen LogP contribution in [0.4, 0.5) is 0 Å². The van der Waals surface area contributed by atoms with Gasteiger partial charge in [0.1, 0.15) is 0 Å². The average molecular weight is 257 g/mol. The largest absolute Gasteiger partial charge is 0.310 e. The lowest BCUT2D eigenvalue weighted by Crippen LogP contribution is -2.22. The minimum Gasteiger partial charge on any atom is -0.310 e. The van der Waals surface area contributed by atoms with Gasteiger partial charge in [-0.15, -0.1) is 0 Å². The molecule has 1 heteroatoms. The van der Waals surface area contributed by atoms with E-state index in [1.807, 2.05) is 0 Å². The van der Waals surface area contributed by atoms with E-state index >= 15 is 0 Å². The van der Waals surface area contributed by atoms with Gasteiger partial charge in [-0.25, -0.2) is 0 Å². The predicted octanol–water partition coefficient (Wildman–Crippen LogP) is 4.84. The van der Waals surface area contributed by atoms with Crippen LogP contribution in [0.1, 0.15) is 61.8 Å². The van der Waals surface area contributed by atoms with Crippen molar-refractivity contribution in [3.8, 4) is 0 Å². The van der Waals surface area contributed by atoms with E-state index in [1.54, 1.807) is 5.57 Å². The molecule has 104 valence electrons. The molecule has 1 aromatic carbocycles. The van der Waals surface area contributed by atoms with Gasteiger partial charge in [0, 0.05) is 6.04 Å². The molecule has 1 aliphatic carbocycles. The molecule has 1 atom stereocenters. The normalized spacial score (nSPS) is 17.1. The Kier molecular flexibility index (Phi) is 5.21. The molecule has 0 aromatic heterocycles. The molecule has 0 radical (unpaired) electrons. The highest BCUT2D eigenvalue weighted by Gasteiger charge is 2.14. The first-order valence-electron chi connectivity index (χ1n) is 7.69. The van der Waals surface area contributed by atoms with Gasteiger partial charge in [0.05, 0.1) is 0 Å². The summed E-state index contributed by atoms with van der Waals surface area (Å²) in [6, 6.07) is 7.38. The van der Waals surface area contributed by atoms with E-state index in [1.165, 1.54) is 48.8 Å². The molecule has 1 aliphatic rings. The van der Waals surface area contributed by atoms with Crippen molar-refractivity contribution in [2.45, 2.75) is 58.9 Å². The molecule has 0 aliphatic heterocycles. The third-order valence-corrected chi connectivity index (χ3v) is 4.24. The van der Waals surface area contributed by atoms with Crippen LogP contribution in [-0.2, 0) is 0 Å². The second-order valence-electron chi connectivity index (χ2n) is 5.77.